The lowest BCUT2D eigenvalue weighted by molar-refractivity contribution is 0.0985. The topological polar surface area (TPSA) is 42.4 Å². The second kappa shape index (κ2) is 8.23. The number of carbonyl (C=O) groups is 1. The molecule has 154 valence electrons. The van der Waals surface area contributed by atoms with Crippen LogP contribution in [0.25, 0.3) is 10.9 Å². The Kier molecular flexibility index (Phi) is 5.13. The van der Waals surface area contributed by atoms with E-state index in [9.17, 15) is 4.79 Å². The average Bonchev–Trinajstić information content (AvgIpc) is 2.82. The second-order valence-electron chi connectivity index (χ2n) is 8.00. The fourth-order valence-corrected chi connectivity index (χ4v) is 4.13. The Labute approximate surface area is 182 Å². The van der Waals surface area contributed by atoms with E-state index in [4.69, 9.17) is 4.74 Å². The number of nitrogens with zero attached hydrogens (tertiary/aromatic N) is 2. The number of carbonyl (C=O) groups excluding carboxylic acids is 1. The third-order valence-electron chi connectivity index (χ3n) is 5.74. The summed E-state index contributed by atoms with van der Waals surface area (Å²) in [6.07, 6.45) is 2.01. The van der Waals surface area contributed by atoms with Crippen molar-refractivity contribution in [3.63, 3.8) is 0 Å². The van der Waals surface area contributed by atoms with E-state index in [0.29, 0.717) is 12.2 Å². The van der Waals surface area contributed by atoms with E-state index < -0.39 is 0 Å². The number of aryl methyl sites for hydroxylation is 2. The first-order valence-electron chi connectivity index (χ1n) is 10.7. The molecule has 1 aromatic heterocycles. The van der Waals surface area contributed by atoms with Crippen LogP contribution in [0.3, 0.4) is 0 Å². The van der Waals surface area contributed by atoms with Gasteiger partial charge < -0.3 is 9.64 Å². The molecule has 0 spiro atoms. The largest absolute Gasteiger partial charge is 0.487 e. The molecule has 1 aliphatic rings. The SMILES string of the molecule is Cc1ccc2c(c1)CCCN2C(=O)c1ccc(OCc2ccc3ccccc3n2)cc1. The summed E-state index contributed by atoms with van der Waals surface area (Å²) < 4.78 is 5.90. The van der Waals surface area contributed by atoms with Crippen molar-refractivity contribution in [3.05, 3.63) is 101 Å². The smallest absolute Gasteiger partial charge is 0.258 e. The van der Waals surface area contributed by atoms with Gasteiger partial charge in [0.15, 0.2) is 0 Å². The van der Waals surface area contributed by atoms with Crippen molar-refractivity contribution in [2.24, 2.45) is 0 Å². The first kappa shape index (κ1) is 19.3. The summed E-state index contributed by atoms with van der Waals surface area (Å²) in [4.78, 5) is 19.7. The molecule has 4 aromatic rings. The molecule has 1 amide bonds. The number of pyridine rings is 1. The van der Waals surface area contributed by atoms with E-state index in [1.807, 2.05) is 59.5 Å². The summed E-state index contributed by atoms with van der Waals surface area (Å²) in [6.45, 7) is 3.23. The Hall–Kier alpha value is -3.66. The maximum atomic E-state index is 13.1. The second-order valence-corrected chi connectivity index (χ2v) is 8.00. The van der Waals surface area contributed by atoms with Gasteiger partial charge in [-0.15, -0.1) is 0 Å². The van der Waals surface area contributed by atoms with Crippen LogP contribution in [0.15, 0.2) is 78.9 Å². The molecule has 0 N–H and O–H groups in total. The quantitative estimate of drug-likeness (QED) is 0.434. The van der Waals surface area contributed by atoms with Crippen LogP contribution < -0.4 is 9.64 Å². The number of anilines is 1. The molecule has 5 rings (SSSR count). The fourth-order valence-electron chi connectivity index (χ4n) is 4.13. The van der Waals surface area contributed by atoms with Gasteiger partial charge in [0.05, 0.1) is 11.2 Å². The molecule has 0 fully saturated rings. The van der Waals surface area contributed by atoms with E-state index in [1.165, 1.54) is 11.1 Å². The van der Waals surface area contributed by atoms with Gasteiger partial charge in [-0.1, -0.05) is 42.0 Å². The highest BCUT2D eigenvalue weighted by Crippen LogP contribution is 2.29. The number of benzene rings is 3. The van der Waals surface area contributed by atoms with Crippen molar-refractivity contribution in [3.8, 4) is 5.75 Å². The minimum Gasteiger partial charge on any atom is -0.487 e. The molecule has 1 aliphatic heterocycles. The predicted octanol–water partition coefficient (Wildman–Crippen LogP) is 5.72. The number of rotatable bonds is 4. The van der Waals surface area contributed by atoms with Crippen molar-refractivity contribution < 1.29 is 9.53 Å². The van der Waals surface area contributed by atoms with Gasteiger partial charge in [-0.05, 0) is 67.8 Å². The summed E-state index contributed by atoms with van der Waals surface area (Å²) in [5.74, 6) is 0.758. The highest BCUT2D eigenvalue weighted by molar-refractivity contribution is 6.06. The lowest BCUT2D eigenvalue weighted by Gasteiger charge is -2.30. The van der Waals surface area contributed by atoms with E-state index in [0.717, 1.165) is 47.4 Å². The molecule has 31 heavy (non-hydrogen) atoms. The number of ether oxygens (including phenoxy) is 1. The highest BCUT2D eigenvalue weighted by Gasteiger charge is 2.23. The molecule has 0 saturated heterocycles. The van der Waals surface area contributed by atoms with Crippen LogP contribution in [0, 0.1) is 6.92 Å². The standard InChI is InChI=1S/C27H24N2O2/c1-19-8-15-26-22(17-19)6-4-16-29(26)27(30)21-10-13-24(14-11-21)31-18-23-12-9-20-5-2-3-7-25(20)28-23/h2-3,5,7-15,17H,4,6,16,18H2,1H3. The lowest BCUT2D eigenvalue weighted by Crippen LogP contribution is -2.35. The summed E-state index contributed by atoms with van der Waals surface area (Å²) in [5, 5.41) is 1.11. The van der Waals surface area contributed by atoms with E-state index in [2.05, 4.69) is 36.2 Å². The Morgan fingerprint density at radius 1 is 1.00 bits per heavy atom. The van der Waals surface area contributed by atoms with Crippen molar-refractivity contribution in [1.82, 2.24) is 4.98 Å². The molecule has 0 radical (unpaired) electrons. The van der Waals surface area contributed by atoms with Gasteiger partial charge >= 0.3 is 0 Å². The van der Waals surface area contributed by atoms with Crippen LogP contribution >= 0.6 is 0 Å². The molecule has 3 aromatic carbocycles. The van der Waals surface area contributed by atoms with Crippen LogP contribution in [-0.2, 0) is 13.0 Å². The van der Waals surface area contributed by atoms with Crippen molar-refractivity contribution in [2.45, 2.75) is 26.4 Å². The molecule has 0 unspecified atom stereocenters. The summed E-state index contributed by atoms with van der Waals surface area (Å²) in [6, 6.07) is 25.8. The molecule has 2 heterocycles. The number of amides is 1. The van der Waals surface area contributed by atoms with Gasteiger partial charge in [-0.25, -0.2) is 4.98 Å². The van der Waals surface area contributed by atoms with Gasteiger partial charge in [0, 0.05) is 23.2 Å². The van der Waals surface area contributed by atoms with Crippen LogP contribution in [0.5, 0.6) is 5.75 Å². The van der Waals surface area contributed by atoms with Gasteiger partial charge in [0.1, 0.15) is 12.4 Å². The van der Waals surface area contributed by atoms with Crippen LogP contribution in [0.4, 0.5) is 5.69 Å². The first-order valence-corrected chi connectivity index (χ1v) is 10.7. The Bertz CT molecular complexity index is 1250. The zero-order valence-corrected chi connectivity index (χ0v) is 17.5. The van der Waals surface area contributed by atoms with E-state index in [1.54, 1.807) is 0 Å². The number of hydrogen-bond acceptors (Lipinski definition) is 3. The fraction of sp³-hybridized carbons (Fsp3) is 0.185. The highest BCUT2D eigenvalue weighted by atomic mass is 16.5. The van der Waals surface area contributed by atoms with Crippen molar-refractivity contribution in [2.75, 3.05) is 11.4 Å². The van der Waals surface area contributed by atoms with Crippen LogP contribution in [0.1, 0.15) is 33.6 Å². The monoisotopic (exact) mass is 408 g/mol. The Morgan fingerprint density at radius 2 is 1.84 bits per heavy atom. The first-order chi connectivity index (χ1) is 15.2. The molecule has 0 bridgehead atoms. The third kappa shape index (κ3) is 4.02. The van der Waals surface area contributed by atoms with Gasteiger partial charge in [-0.3, -0.25) is 4.79 Å². The van der Waals surface area contributed by atoms with Crippen molar-refractivity contribution in [1.29, 1.82) is 0 Å². The number of aromatic nitrogens is 1. The maximum absolute atomic E-state index is 13.1. The average molecular weight is 409 g/mol. The Balaban J connectivity index is 1.28. The lowest BCUT2D eigenvalue weighted by atomic mass is 9.99. The number of hydrogen-bond donors (Lipinski definition) is 0. The molecule has 0 saturated carbocycles. The minimum absolute atomic E-state index is 0.0348. The molecule has 4 heteroatoms. The van der Waals surface area contributed by atoms with Gasteiger partial charge in [0.25, 0.3) is 5.91 Å². The zero-order valence-electron chi connectivity index (χ0n) is 17.5. The summed E-state index contributed by atoms with van der Waals surface area (Å²) in [5.41, 5.74) is 6.02. The molecule has 0 atom stereocenters. The molecule has 4 nitrogen and oxygen atoms in total. The van der Waals surface area contributed by atoms with Crippen molar-refractivity contribution >= 4 is 22.5 Å². The Morgan fingerprint density at radius 3 is 2.71 bits per heavy atom. The molecular formula is C27H24N2O2. The summed E-state index contributed by atoms with van der Waals surface area (Å²) in [7, 11) is 0. The van der Waals surface area contributed by atoms with Gasteiger partial charge in [0.2, 0.25) is 0 Å². The van der Waals surface area contributed by atoms with Crippen LogP contribution in [-0.4, -0.2) is 17.4 Å². The zero-order chi connectivity index (χ0) is 21.2. The minimum atomic E-state index is 0.0348. The third-order valence-corrected chi connectivity index (χ3v) is 5.74. The number of para-hydroxylation sites is 1. The van der Waals surface area contributed by atoms with Crippen LogP contribution in [0.2, 0.25) is 0 Å². The normalized spacial score (nSPS) is 13.1. The predicted molar refractivity (Wildman–Crippen MR) is 124 cm³/mol. The maximum Gasteiger partial charge on any atom is 0.258 e. The van der Waals surface area contributed by atoms with Gasteiger partial charge in [-0.2, -0.15) is 0 Å². The summed E-state index contributed by atoms with van der Waals surface area (Å²) >= 11 is 0. The molecule has 0 aliphatic carbocycles. The molecular weight excluding hydrogens is 384 g/mol. The van der Waals surface area contributed by atoms with E-state index >= 15 is 0 Å². The number of fused-ring (bicyclic) bond motifs is 2. The van der Waals surface area contributed by atoms with E-state index in [-0.39, 0.29) is 5.91 Å².